The van der Waals surface area contributed by atoms with Gasteiger partial charge in [0, 0.05) is 16.3 Å². The number of carbonyl (C=O) groups is 1. The summed E-state index contributed by atoms with van der Waals surface area (Å²) in [6.07, 6.45) is 6.15. The van der Waals surface area contributed by atoms with Crippen LogP contribution >= 0.6 is 9.47 Å². The van der Waals surface area contributed by atoms with Gasteiger partial charge in [-0.15, -0.1) is 0 Å². The predicted octanol–water partition coefficient (Wildman–Crippen LogP) is 6.29. The molecule has 0 bridgehead atoms. The Morgan fingerprint density at radius 1 is 1.16 bits per heavy atom. The third kappa shape index (κ3) is 2.97. The minimum absolute atomic E-state index is 0. The minimum atomic E-state index is -0.466. The first-order chi connectivity index (χ1) is 15.0. The Bertz CT molecular complexity index is 1060. The highest BCUT2D eigenvalue weighted by atomic mass is 31.0. The molecule has 0 aromatic heterocycles. The van der Waals surface area contributed by atoms with Crippen LogP contribution in [0.3, 0.4) is 0 Å². The lowest BCUT2D eigenvalue weighted by molar-refractivity contribution is -0.119. The molecule has 31 heavy (non-hydrogen) atoms. The van der Waals surface area contributed by atoms with E-state index < -0.39 is 5.41 Å². The topological polar surface area (TPSA) is 35.5 Å². The van der Waals surface area contributed by atoms with E-state index in [-0.39, 0.29) is 12.9 Å². The zero-order valence-electron chi connectivity index (χ0n) is 18.6. The number of benzene rings is 2. The number of allylic oxidation sites excluding steroid dienone is 2. The largest absolute Gasteiger partial charge is 0.497 e. The molecule has 1 saturated carbocycles. The zero-order chi connectivity index (χ0) is 21.8. The quantitative estimate of drug-likeness (QED) is 0.416. The maximum Gasteiger partial charge on any atom is 0.130 e. The van der Waals surface area contributed by atoms with Crippen molar-refractivity contribution >= 4 is 26.9 Å². The number of methoxy groups -OCH3 is 1. The molecule has 2 aromatic carbocycles. The smallest absolute Gasteiger partial charge is 0.130 e. The summed E-state index contributed by atoms with van der Waals surface area (Å²) in [6.45, 7) is 4.46. The lowest BCUT2D eigenvalue weighted by Crippen LogP contribution is -2.49. The summed E-state index contributed by atoms with van der Waals surface area (Å²) < 4.78 is 11.4. The second-order valence-electron chi connectivity index (χ2n) is 9.84. The van der Waals surface area contributed by atoms with Crippen LogP contribution < -0.4 is 4.74 Å². The molecule has 1 unspecified atom stereocenters. The number of aldehydes is 1. The van der Waals surface area contributed by atoms with Crippen molar-refractivity contribution in [1.82, 2.24) is 0 Å². The predicted molar refractivity (Wildman–Crippen MR) is 130 cm³/mol. The molecule has 1 fully saturated rings. The lowest BCUT2D eigenvalue weighted by Gasteiger charge is -2.53. The van der Waals surface area contributed by atoms with Gasteiger partial charge in [0.2, 0.25) is 0 Å². The van der Waals surface area contributed by atoms with Crippen LogP contribution in [0.2, 0.25) is 0 Å². The summed E-state index contributed by atoms with van der Waals surface area (Å²) in [5.41, 5.74) is 7.03. The normalized spacial score (nSPS) is 31.6. The lowest BCUT2D eigenvalue weighted by atomic mass is 9.49. The van der Waals surface area contributed by atoms with Crippen LogP contribution in [0.25, 0.3) is 11.1 Å². The maximum atomic E-state index is 13.1. The molecule has 2 aromatic rings. The first kappa shape index (κ1) is 20.9. The molecule has 5 atom stereocenters. The number of hydrogen-bond donors (Lipinski definition) is 0. The van der Waals surface area contributed by atoms with E-state index >= 15 is 0 Å². The van der Waals surface area contributed by atoms with E-state index in [1.165, 1.54) is 39.7 Å². The molecule has 164 valence electrons. The molecule has 0 radical (unpaired) electrons. The highest BCUT2D eigenvalue weighted by Gasteiger charge is 2.61. The Kier molecular flexibility index (Phi) is 5.11. The van der Waals surface area contributed by atoms with E-state index in [2.05, 4.69) is 59.7 Å². The van der Waals surface area contributed by atoms with Crippen molar-refractivity contribution in [1.29, 1.82) is 0 Å². The zero-order valence-corrected chi connectivity index (χ0v) is 19.8. The van der Waals surface area contributed by atoms with Gasteiger partial charge in [0.25, 0.3) is 0 Å². The van der Waals surface area contributed by atoms with Crippen molar-refractivity contribution in [2.45, 2.75) is 52.1 Å². The van der Waals surface area contributed by atoms with E-state index in [4.69, 9.17) is 9.26 Å². The fraction of sp³-hybridized carbons (Fsp3) is 0.444. The first-order valence-corrected chi connectivity index (χ1v) is 11.7. The fourth-order valence-corrected chi connectivity index (χ4v) is 7.28. The van der Waals surface area contributed by atoms with Gasteiger partial charge in [0.05, 0.1) is 18.6 Å². The van der Waals surface area contributed by atoms with Gasteiger partial charge >= 0.3 is 0 Å². The van der Waals surface area contributed by atoms with Gasteiger partial charge in [0.1, 0.15) is 12.0 Å². The van der Waals surface area contributed by atoms with Gasteiger partial charge in [-0.3, -0.25) is 0 Å². The van der Waals surface area contributed by atoms with Crippen molar-refractivity contribution in [2.75, 3.05) is 7.11 Å². The molecule has 0 N–H and O–H groups in total. The average Bonchev–Trinajstić information content (AvgIpc) is 3.14. The summed E-state index contributed by atoms with van der Waals surface area (Å²) in [5, 5.41) is 0. The maximum absolute atomic E-state index is 13.1. The second kappa shape index (κ2) is 7.57. The van der Waals surface area contributed by atoms with Gasteiger partial charge < -0.3 is 14.1 Å². The van der Waals surface area contributed by atoms with E-state index in [1.807, 2.05) is 6.07 Å². The van der Waals surface area contributed by atoms with Crippen molar-refractivity contribution in [3.63, 3.8) is 0 Å². The second-order valence-corrected chi connectivity index (χ2v) is 10.1. The van der Waals surface area contributed by atoms with Gasteiger partial charge in [0.15, 0.2) is 0 Å². The van der Waals surface area contributed by atoms with Crippen molar-refractivity contribution in [3.05, 3.63) is 64.7 Å². The number of fused-ring (bicyclic) bond motifs is 5. The molecule has 0 aliphatic heterocycles. The standard InChI is InChI=1S/C27H31O3P.H2/c1-17-4-6-18(7-5-17)22-15-26(2)23(10-11-24(26)30-31)27(16-28)13-12-19-14-20(29-3)8-9-21(19)25(22)27;/h4-9,14,16,23-24H,10-13,15,31H2,1-3H3;1H/t23-,24+,26+,27-;/m1./s1/i;1+2. The van der Waals surface area contributed by atoms with Crippen LogP contribution in [-0.4, -0.2) is 19.5 Å². The molecule has 0 saturated heterocycles. The molecule has 3 nitrogen and oxygen atoms in total. The van der Waals surface area contributed by atoms with Gasteiger partial charge in [-0.25, -0.2) is 0 Å². The van der Waals surface area contributed by atoms with Crippen molar-refractivity contribution < 1.29 is 15.5 Å². The summed E-state index contributed by atoms with van der Waals surface area (Å²) >= 11 is 0. The molecule has 4 heteroatoms. The van der Waals surface area contributed by atoms with E-state index in [0.717, 1.165) is 37.9 Å². The van der Waals surface area contributed by atoms with Crippen LogP contribution in [0.15, 0.2) is 42.5 Å². The molecule has 5 rings (SSSR count). The third-order valence-corrected chi connectivity index (χ3v) is 8.69. The Labute approximate surface area is 189 Å². The van der Waals surface area contributed by atoms with Crippen LogP contribution in [0.5, 0.6) is 5.75 Å². The average molecular weight is 439 g/mol. The monoisotopic (exact) mass is 438 g/mol. The molecule has 0 amide bonds. The summed E-state index contributed by atoms with van der Waals surface area (Å²) in [5.74, 6) is 1.18. The Hall–Kier alpha value is -1.96. The number of aryl methyl sites for hydroxylation is 2. The summed E-state index contributed by atoms with van der Waals surface area (Å²) in [7, 11) is 4.20. The van der Waals surface area contributed by atoms with Crippen molar-refractivity contribution in [3.8, 4) is 5.75 Å². The highest BCUT2D eigenvalue weighted by molar-refractivity contribution is 7.09. The highest BCUT2D eigenvalue weighted by Crippen LogP contribution is 2.67. The Morgan fingerprint density at radius 3 is 2.61 bits per heavy atom. The number of carbonyl (C=O) groups excluding carboxylic acids is 1. The van der Waals surface area contributed by atoms with Gasteiger partial charge in [-0.2, -0.15) is 0 Å². The van der Waals surface area contributed by atoms with Crippen LogP contribution in [0.1, 0.15) is 56.3 Å². The molecule has 3 aliphatic carbocycles. The third-order valence-electron chi connectivity index (χ3n) is 8.36. The van der Waals surface area contributed by atoms with Gasteiger partial charge in [-0.1, -0.05) is 42.8 Å². The molecular weight excluding hydrogens is 403 g/mol. The van der Waals surface area contributed by atoms with E-state index in [1.54, 1.807) is 7.11 Å². The van der Waals surface area contributed by atoms with Gasteiger partial charge in [-0.05, 0) is 84.9 Å². The molecule has 0 heterocycles. The van der Waals surface area contributed by atoms with Crippen LogP contribution in [0.4, 0.5) is 0 Å². The van der Waals surface area contributed by atoms with Crippen LogP contribution in [-0.2, 0) is 15.7 Å². The number of ether oxygens (including phenoxy) is 1. The SMILES string of the molecule is COc1ccc2c(c1)CC[C@]1(C=O)C2=C(c2ccc(C)cc2)C[C@]2(C)[C@@H](OP)CC[C@H]21.[3HH]. The molecular formula is C27H33O3P. The molecule has 3 aliphatic rings. The first-order valence-electron chi connectivity index (χ1n) is 11.3. The Morgan fingerprint density at radius 2 is 1.94 bits per heavy atom. The van der Waals surface area contributed by atoms with E-state index in [9.17, 15) is 4.79 Å². The summed E-state index contributed by atoms with van der Waals surface area (Å²) in [4.78, 5) is 13.1. The number of hydrogen-bond acceptors (Lipinski definition) is 3. The minimum Gasteiger partial charge on any atom is -0.497 e. The molecule has 0 spiro atoms. The van der Waals surface area contributed by atoms with Crippen LogP contribution in [0, 0.1) is 23.7 Å². The van der Waals surface area contributed by atoms with Crippen molar-refractivity contribution in [2.24, 2.45) is 16.7 Å². The van der Waals surface area contributed by atoms with E-state index in [0.29, 0.717) is 5.92 Å². The Balaban J connectivity index is 0.00000245. The summed E-state index contributed by atoms with van der Waals surface area (Å²) in [6, 6.07) is 15.2. The fourth-order valence-electron chi connectivity index (χ4n) is 6.84. The number of rotatable bonds is 4.